The van der Waals surface area contributed by atoms with E-state index in [1.165, 1.54) is 0 Å². The molecule has 3 rings (SSSR count). The second-order valence-corrected chi connectivity index (χ2v) is 4.03. The van der Waals surface area contributed by atoms with E-state index in [0.29, 0.717) is 11.2 Å². The summed E-state index contributed by atoms with van der Waals surface area (Å²) < 4.78 is 1.67. The Morgan fingerprint density at radius 2 is 2.05 bits per heavy atom. The normalized spacial score (nSPS) is 10.7. The van der Waals surface area contributed by atoms with Crippen LogP contribution in [-0.2, 0) is 0 Å². The van der Waals surface area contributed by atoms with Gasteiger partial charge in [-0.1, -0.05) is 24.8 Å². The summed E-state index contributed by atoms with van der Waals surface area (Å²) in [6.45, 7) is 3.70. The quantitative estimate of drug-likeness (QED) is 0.721. The van der Waals surface area contributed by atoms with Gasteiger partial charge in [-0.2, -0.15) is 4.98 Å². The first-order valence-corrected chi connectivity index (χ1v) is 5.65. The van der Waals surface area contributed by atoms with E-state index in [1.54, 1.807) is 17.0 Å². The summed E-state index contributed by atoms with van der Waals surface area (Å²) in [5.41, 5.74) is 7.70. The summed E-state index contributed by atoms with van der Waals surface area (Å²) in [6, 6.07) is 7.59. The second-order valence-electron chi connectivity index (χ2n) is 4.03. The van der Waals surface area contributed by atoms with Crippen LogP contribution in [0.15, 0.2) is 42.0 Å². The summed E-state index contributed by atoms with van der Waals surface area (Å²) in [4.78, 5) is 22.5. The number of rotatable bonds is 2. The molecule has 0 fully saturated rings. The van der Waals surface area contributed by atoms with Crippen molar-refractivity contribution < 1.29 is 0 Å². The number of fused-ring (bicyclic) bond motifs is 1. The first-order chi connectivity index (χ1) is 9.19. The number of anilines is 1. The molecule has 0 amide bonds. The zero-order valence-corrected chi connectivity index (χ0v) is 10.00. The number of imidazole rings is 1. The number of nitrogens with zero attached hydrogens (tertiary/aromatic N) is 3. The second kappa shape index (κ2) is 4.09. The molecule has 0 radical (unpaired) electrons. The Balaban J connectivity index is 2.25. The van der Waals surface area contributed by atoms with Crippen molar-refractivity contribution in [2.45, 2.75) is 0 Å². The zero-order valence-electron chi connectivity index (χ0n) is 10.00. The van der Waals surface area contributed by atoms with E-state index < -0.39 is 0 Å². The van der Waals surface area contributed by atoms with Crippen molar-refractivity contribution in [2.24, 2.45) is 0 Å². The lowest BCUT2D eigenvalue weighted by Crippen LogP contribution is -2.13. The number of nitrogens with one attached hydrogen (secondary N) is 1. The van der Waals surface area contributed by atoms with Crippen LogP contribution in [0.25, 0.3) is 22.9 Å². The van der Waals surface area contributed by atoms with Gasteiger partial charge >= 0.3 is 0 Å². The fourth-order valence-corrected chi connectivity index (χ4v) is 1.92. The summed E-state index contributed by atoms with van der Waals surface area (Å²) in [6.07, 6.45) is 3.31. The largest absolute Gasteiger partial charge is 0.369 e. The third-order valence-corrected chi connectivity index (χ3v) is 2.84. The average molecular weight is 253 g/mol. The van der Waals surface area contributed by atoms with Gasteiger partial charge < -0.3 is 5.73 Å². The third kappa shape index (κ3) is 1.79. The van der Waals surface area contributed by atoms with Gasteiger partial charge in [-0.15, -0.1) is 0 Å². The molecule has 1 aromatic carbocycles. The van der Waals surface area contributed by atoms with Crippen molar-refractivity contribution in [2.75, 3.05) is 5.73 Å². The molecule has 0 aliphatic heterocycles. The summed E-state index contributed by atoms with van der Waals surface area (Å²) in [5, 5.41) is 0. The van der Waals surface area contributed by atoms with E-state index in [1.807, 2.05) is 24.3 Å². The molecule has 3 N–H and O–H groups in total. The molecule has 0 saturated heterocycles. The van der Waals surface area contributed by atoms with Crippen molar-refractivity contribution in [3.63, 3.8) is 0 Å². The van der Waals surface area contributed by atoms with E-state index in [2.05, 4.69) is 21.5 Å². The lowest BCUT2D eigenvalue weighted by molar-refractivity contribution is 1.07. The van der Waals surface area contributed by atoms with E-state index >= 15 is 0 Å². The lowest BCUT2D eigenvalue weighted by atomic mass is 10.2. The SMILES string of the molecule is C=Cc1ccc(-n2cnc3nc(N)[nH]c(=O)c32)cc1. The highest BCUT2D eigenvalue weighted by molar-refractivity contribution is 5.73. The van der Waals surface area contributed by atoms with Crippen molar-refractivity contribution in [3.05, 3.63) is 53.1 Å². The Bertz CT molecular complexity index is 813. The molecule has 6 nitrogen and oxygen atoms in total. The van der Waals surface area contributed by atoms with Crippen LogP contribution >= 0.6 is 0 Å². The van der Waals surface area contributed by atoms with Gasteiger partial charge in [0.25, 0.3) is 5.56 Å². The first kappa shape index (κ1) is 11.2. The minimum Gasteiger partial charge on any atom is -0.369 e. The minimum absolute atomic E-state index is 0.0600. The van der Waals surface area contributed by atoms with Gasteiger partial charge in [0.1, 0.15) is 6.33 Å². The molecule has 94 valence electrons. The van der Waals surface area contributed by atoms with E-state index in [4.69, 9.17) is 5.73 Å². The Labute approximate surface area is 108 Å². The molecule has 3 aromatic rings. The van der Waals surface area contributed by atoms with Crippen molar-refractivity contribution in [1.29, 1.82) is 0 Å². The number of aromatic amines is 1. The topological polar surface area (TPSA) is 89.6 Å². The highest BCUT2D eigenvalue weighted by atomic mass is 16.1. The fourth-order valence-electron chi connectivity index (χ4n) is 1.92. The molecule has 0 saturated carbocycles. The molecule has 19 heavy (non-hydrogen) atoms. The van der Waals surface area contributed by atoms with Gasteiger partial charge in [-0.3, -0.25) is 14.3 Å². The number of hydrogen-bond acceptors (Lipinski definition) is 4. The molecular weight excluding hydrogens is 242 g/mol. The number of H-pyrrole nitrogens is 1. The molecular formula is C13H11N5O. The molecule has 0 aliphatic rings. The highest BCUT2D eigenvalue weighted by Crippen LogP contribution is 2.15. The fraction of sp³-hybridized carbons (Fsp3) is 0. The molecule has 0 bridgehead atoms. The van der Waals surface area contributed by atoms with Crippen LogP contribution in [0.3, 0.4) is 0 Å². The molecule has 0 atom stereocenters. The van der Waals surface area contributed by atoms with Gasteiger partial charge in [0.2, 0.25) is 5.95 Å². The number of benzene rings is 1. The predicted octanol–water partition coefficient (Wildman–Crippen LogP) is 1.33. The van der Waals surface area contributed by atoms with Crippen LogP contribution in [0.4, 0.5) is 5.95 Å². The lowest BCUT2D eigenvalue weighted by Gasteiger charge is -2.03. The number of nitrogen functional groups attached to an aromatic ring is 1. The maximum atomic E-state index is 11.9. The van der Waals surface area contributed by atoms with Gasteiger partial charge in [-0.25, -0.2) is 4.98 Å². The van der Waals surface area contributed by atoms with Crippen molar-refractivity contribution in [1.82, 2.24) is 19.5 Å². The number of aromatic nitrogens is 4. The van der Waals surface area contributed by atoms with Gasteiger partial charge in [0.05, 0.1) is 0 Å². The van der Waals surface area contributed by atoms with Crippen LogP contribution < -0.4 is 11.3 Å². The van der Waals surface area contributed by atoms with Crippen LogP contribution in [0.1, 0.15) is 5.56 Å². The summed E-state index contributed by atoms with van der Waals surface area (Å²) >= 11 is 0. The van der Waals surface area contributed by atoms with E-state index in [-0.39, 0.29) is 11.5 Å². The van der Waals surface area contributed by atoms with E-state index in [0.717, 1.165) is 11.3 Å². The smallest absolute Gasteiger partial charge is 0.278 e. The van der Waals surface area contributed by atoms with Crippen LogP contribution in [0, 0.1) is 0 Å². The van der Waals surface area contributed by atoms with Gasteiger partial charge in [0.15, 0.2) is 11.2 Å². The number of nitrogens with two attached hydrogens (primary N) is 1. The summed E-state index contributed by atoms with van der Waals surface area (Å²) in [7, 11) is 0. The highest BCUT2D eigenvalue weighted by Gasteiger charge is 2.10. The van der Waals surface area contributed by atoms with Crippen molar-refractivity contribution in [3.8, 4) is 5.69 Å². The van der Waals surface area contributed by atoms with Crippen molar-refractivity contribution >= 4 is 23.2 Å². The Morgan fingerprint density at radius 3 is 2.74 bits per heavy atom. The Morgan fingerprint density at radius 1 is 1.32 bits per heavy atom. The maximum absolute atomic E-state index is 11.9. The maximum Gasteiger partial charge on any atom is 0.278 e. The standard InChI is InChI=1S/C13H11N5O/c1-2-8-3-5-9(6-4-8)18-7-15-11-10(18)12(19)17-13(14)16-11/h2-7H,1H2,(H3,14,16,17,19). The minimum atomic E-state index is -0.312. The molecule has 2 heterocycles. The molecule has 2 aromatic heterocycles. The molecule has 0 spiro atoms. The van der Waals surface area contributed by atoms with Gasteiger partial charge in [0, 0.05) is 5.69 Å². The first-order valence-electron chi connectivity index (χ1n) is 5.65. The summed E-state index contributed by atoms with van der Waals surface area (Å²) in [5.74, 6) is 0.0600. The third-order valence-electron chi connectivity index (χ3n) is 2.84. The van der Waals surface area contributed by atoms with Crippen LogP contribution in [-0.4, -0.2) is 19.5 Å². The molecule has 0 aliphatic carbocycles. The zero-order chi connectivity index (χ0) is 13.4. The monoisotopic (exact) mass is 253 g/mol. The molecule has 6 heteroatoms. The predicted molar refractivity (Wildman–Crippen MR) is 74.0 cm³/mol. The average Bonchev–Trinajstić information content (AvgIpc) is 2.83. The van der Waals surface area contributed by atoms with Crippen LogP contribution in [0.5, 0.6) is 0 Å². The molecule has 0 unspecified atom stereocenters. The Kier molecular flexibility index (Phi) is 2.42. The number of hydrogen-bond donors (Lipinski definition) is 2. The van der Waals surface area contributed by atoms with Gasteiger partial charge in [-0.05, 0) is 17.7 Å². The Hall–Kier alpha value is -2.89. The van der Waals surface area contributed by atoms with Crippen LogP contribution in [0.2, 0.25) is 0 Å². The van der Waals surface area contributed by atoms with E-state index in [9.17, 15) is 4.79 Å².